The average Bonchev–Trinajstić information content (AvgIpc) is 3.14. The molecule has 0 aliphatic rings. The Bertz CT molecular complexity index is 868. The molecule has 0 aliphatic carbocycles. The number of methoxy groups -OCH3 is 1. The van der Waals surface area contributed by atoms with Crippen LogP contribution in [0.3, 0.4) is 0 Å². The second kappa shape index (κ2) is 8.82. The van der Waals surface area contributed by atoms with E-state index < -0.39 is 0 Å². The minimum absolute atomic E-state index is 0.210. The largest absolute Gasteiger partial charge is 0.493 e. The molecule has 0 bridgehead atoms. The van der Waals surface area contributed by atoms with E-state index in [-0.39, 0.29) is 6.61 Å². The third-order valence-electron chi connectivity index (χ3n) is 3.63. The Morgan fingerprint density at radius 3 is 2.50 bits per heavy atom. The maximum absolute atomic E-state index is 6.40. The van der Waals surface area contributed by atoms with E-state index in [1.54, 1.807) is 37.6 Å². The number of rotatable bonds is 7. The Morgan fingerprint density at radius 1 is 1.08 bits per heavy atom. The van der Waals surface area contributed by atoms with Gasteiger partial charge in [0.15, 0.2) is 16.6 Å². The predicted molar refractivity (Wildman–Crippen MR) is 108 cm³/mol. The number of hydrogen-bond acceptors (Lipinski definition) is 5. The van der Waals surface area contributed by atoms with Gasteiger partial charge in [0.25, 0.3) is 0 Å². The Hall–Kier alpha value is -1.66. The fraction of sp³-hybridized carbons (Fsp3) is 0.167. The van der Waals surface area contributed by atoms with Gasteiger partial charge in [0.05, 0.1) is 7.11 Å². The molecule has 3 rings (SSSR count). The van der Waals surface area contributed by atoms with Crippen LogP contribution in [0.2, 0.25) is 15.1 Å². The van der Waals surface area contributed by atoms with Gasteiger partial charge in [0.1, 0.15) is 6.61 Å². The van der Waals surface area contributed by atoms with Gasteiger partial charge in [-0.2, -0.15) is 0 Å². The molecule has 136 valence electrons. The summed E-state index contributed by atoms with van der Waals surface area (Å²) < 4.78 is 11.3. The quantitative estimate of drug-likeness (QED) is 0.478. The first-order valence-corrected chi connectivity index (χ1v) is 9.65. The van der Waals surface area contributed by atoms with Crippen molar-refractivity contribution in [2.45, 2.75) is 13.2 Å². The summed E-state index contributed by atoms with van der Waals surface area (Å²) in [5, 5.41) is 7.61. The third-order valence-corrected chi connectivity index (χ3v) is 5.42. The van der Waals surface area contributed by atoms with Crippen LogP contribution in [0.5, 0.6) is 11.5 Å². The van der Waals surface area contributed by atoms with Crippen molar-refractivity contribution in [1.82, 2.24) is 4.98 Å². The van der Waals surface area contributed by atoms with Crippen molar-refractivity contribution < 1.29 is 9.47 Å². The molecule has 0 aliphatic heterocycles. The molecule has 3 aromatic rings. The van der Waals surface area contributed by atoms with Crippen molar-refractivity contribution in [3.05, 3.63) is 68.1 Å². The number of halogens is 3. The zero-order chi connectivity index (χ0) is 18.5. The second-order valence-electron chi connectivity index (χ2n) is 5.27. The number of ether oxygens (including phenoxy) is 2. The van der Waals surface area contributed by atoms with Gasteiger partial charge in [-0.25, -0.2) is 4.98 Å². The number of nitrogens with one attached hydrogen (secondary N) is 1. The molecule has 0 atom stereocenters. The average molecular weight is 430 g/mol. The smallest absolute Gasteiger partial charge is 0.182 e. The Kier molecular flexibility index (Phi) is 6.48. The first-order chi connectivity index (χ1) is 12.6. The minimum atomic E-state index is 0.210. The monoisotopic (exact) mass is 428 g/mol. The second-order valence-corrected chi connectivity index (χ2v) is 7.39. The summed E-state index contributed by atoms with van der Waals surface area (Å²) in [6.45, 7) is 0.737. The molecular weight excluding hydrogens is 415 g/mol. The van der Waals surface area contributed by atoms with Gasteiger partial charge in [0.2, 0.25) is 0 Å². The zero-order valence-corrected chi connectivity index (χ0v) is 16.8. The van der Waals surface area contributed by atoms with E-state index in [0.29, 0.717) is 38.7 Å². The Morgan fingerprint density at radius 2 is 1.85 bits per heavy atom. The van der Waals surface area contributed by atoms with Crippen LogP contribution in [0.4, 0.5) is 5.13 Å². The highest BCUT2D eigenvalue weighted by molar-refractivity contribution is 7.13. The fourth-order valence-corrected chi connectivity index (χ4v) is 3.54. The lowest BCUT2D eigenvalue weighted by Gasteiger charge is -2.15. The van der Waals surface area contributed by atoms with E-state index in [2.05, 4.69) is 10.3 Å². The molecule has 4 nitrogen and oxygen atoms in total. The summed E-state index contributed by atoms with van der Waals surface area (Å²) >= 11 is 20.3. The topological polar surface area (TPSA) is 43.4 Å². The van der Waals surface area contributed by atoms with Crippen molar-refractivity contribution in [3.8, 4) is 11.5 Å². The predicted octanol–water partition coefficient (Wildman–Crippen LogP) is 6.30. The van der Waals surface area contributed by atoms with Crippen molar-refractivity contribution >= 4 is 51.3 Å². The van der Waals surface area contributed by atoms with E-state index in [9.17, 15) is 0 Å². The summed E-state index contributed by atoms with van der Waals surface area (Å²) in [6.07, 6.45) is 1.74. The molecule has 0 amide bonds. The Labute approximate surface area is 170 Å². The van der Waals surface area contributed by atoms with Crippen molar-refractivity contribution in [1.29, 1.82) is 0 Å². The molecule has 0 radical (unpaired) electrons. The van der Waals surface area contributed by atoms with Crippen molar-refractivity contribution in [2.24, 2.45) is 0 Å². The molecule has 26 heavy (non-hydrogen) atoms. The van der Waals surface area contributed by atoms with Gasteiger partial charge < -0.3 is 14.8 Å². The van der Waals surface area contributed by atoms with Crippen LogP contribution in [0, 0.1) is 0 Å². The molecule has 0 fully saturated rings. The number of hydrogen-bond donors (Lipinski definition) is 1. The standard InChI is InChI=1S/C18H15Cl3N2O2S/c1-24-16-7-11(9-23-18-22-5-6-26-18)15(21)8-17(16)25-10-12-13(19)3-2-4-14(12)20/h2-8H,9-10H2,1H3,(H,22,23). The summed E-state index contributed by atoms with van der Waals surface area (Å²) in [4.78, 5) is 4.18. The molecule has 1 N–H and O–H groups in total. The van der Waals surface area contributed by atoms with Gasteiger partial charge in [-0.15, -0.1) is 11.3 Å². The van der Waals surface area contributed by atoms with Crippen molar-refractivity contribution in [3.63, 3.8) is 0 Å². The highest BCUT2D eigenvalue weighted by Gasteiger charge is 2.13. The summed E-state index contributed by atoms with van der Waals surface area (Å²) in [5.74, 6) is 1.10. The summed E-state index contributed by atoms with van der Waals surface area (Å²) in [7, 11) is 1.58. The number of benzene rings is 2. The van der Waals surface area contributed by atoms with E-state index >= 15 is 0 Å². The summed E-state index contributed by atoms with van der Waals surface area (Å²) in [5.41, 5.74) is 1.59. The molecular formula is C18H15Cl3N2O2S. The zero-order valence-electron chi connectivity index (χ0n) is 13.8. The molecule has 0 spiro atoms. The lowest BCUT2D eigenvalue weighted by atomic mass is 10.2. The van der Waals surface area contributed by atoms with Crippen LogP contribution in [0.25, 0.3) is 0 Å². The molecule has 0 unspecified atom stereocenters. The van der Waals surface area contributed by atoms with Crippen LogP contribution in [0.15, 0.2) is 41.9 Å². The van der Waals surface area contributed by atoms with Crippen molar-refractivity contribution in [2.75, 3.05) is 12.4 Å². The van der Waals surface area contributed by atoms with Crippen LogP contribution in [-0.2, 0) is 13.2 Å². The number of nitrogens with zero attached hydrogens (tertiary/aromatic N) is 1. The first kappa shape index (κ1) is 19.1. The molecule has 0 saturated heterocycles. The van der Waals surface area contributed by atoms with E-state index in [1.165, 1.54) is 11.3 Å². The fourth-order valence-electron chi connectivity index (χ4n) is 2.29. The Balaban J connectivity index is 1.76. The highest BCUT2D eigenvalue weighted by atomic mass is 35.5. The number of thiazole rings is 1. The van der Waals surface area contributed by atoms with Gasteiger partial charge >= 0.3 is 0 Å². The molecule has 8 heteroatoms. The molecule has 1 heterocycles. The van der Waals surface area contributed by atoms with E-state index in [1.807, 2.05) is 11.4 Å². The van der Waals surface area contributed by atoms with Gasteiger partial charge in [-0.3, -0.25) is 0 Å². The maximum atomic E-state index is 6.40. The van der Waals surface area contributed by atoms with Gasteiger partial charge in [-0.05, 0) is 23.8 Å². The van der Waals surface area contributed by atoms with Crippen LogP contribution < -0.4 is 14.8 Å². The molecule has 2 aromatic carbocycles. The first-order valence-electron chi connectivity index (χ1n) is 7.64. The van der Waals surface area contributed by atoms with Crippen LogP contribution in [-0.4, -0.2) is 12.1 Å². The van der Waals surface area contributed by atoms with E-state index in [0.717, 1.165) is 10.7 Å². The van der Waals surface area contributed by atoms with Gasteiger partial charge in [-0.1, -0.05) is 40.9 Å². The summed E-state index contributed by atoms with van der Waals surface area (Å²) in [6, 6.07) is 8.89. The maximum Gasteiger partial charge on any atom is 0.182 e. The molecule has 0 saturated carbocycles. The van der Waals surface area contributed by atoms with Crippen LogP contribution in [0.1, 0.15) is 11.1 Å². The van der Waals surface area contributed by atoms with Crippen LogP contribution >= 0.6 is 46.1 Å². The van der Waals surface area contributed by atoms with Gasteiger partial charge in [0, 0.05) is 44.8 Å². The number of anilines is 1. The third kappa shape index (κ3) is 4.54. The minimum Gasteiger partial charge on any atom is -0.493 e. The van der Waals surface area contributed by atoms with E-state index in [4.69, 9.17) is 44.3 Å². The normalized spacial score (nSPS) is 10.6. The SMILES string of the molecule is COc1cc(CNc2nccs2)c(Cl)cc1OCc1c(Cl)cccc1Cl. The lowest BCUT2D eigenvalue weighted by molar-refractivity contribution is 0.284. The molecule has 1 aromatic heterocycles. The number of aromatic nitrogens is 1. The highest BCUT2D eigenvalue weighted by Crippen LogP contribution is 2.35. The lowest BCUT2D eigenvalue weighted by Crippen LogP contribution is -2.03.